The largest absolute Gasteiger partial charge is 0.493 e. The first-order valence-electron chi connectivity index (χ1n) is 7.78. The zero-order valence-corrected chi connectivity index (χ0v) is 13.3. The van der Waals surface area contributed by atoms with Crippen LogP contribution in [-0.4, -0.2) is 18.7 Å². The van der Waals surface area contributed by atoms with Crippen molar-refractivity contribution in [1.82, 2.24) is 0 Å². The monoisotopic (exact) mass is 294 g/mol. The molecule has 0 aliphatic heterocycles. The van der Waals surface area contributed by atoms with Gasteiger partial charge in [-0.3, -0.25) is 4.89 Å². The Bertz CT molecular complexity index is 417. The molecule has 1 unspecified atom stereocenters. The van der Waals surface area contributed by atoms with Gasteiger partial charge in [-0.05, 0) is 32.4 Å². The van der Waals surface area contributed by atoms with Gasteiger partial charge in [0.25, 0.3) is 0 Å². The third-order valence-electron chi connectivity index (χ3n) is 3.16. The molecule has 1 rings (SSSR count). The standard InChI is InChI=1S/C17H26O4/c1-4-6-7-8-11-14(3)20-21-17(18)15-12-9-10-13-16(15)19-5-2/h9-10,12-14H,4-8,11H2,1-3H3. The van der Waals surface area contributed by atoms with Crippen LogP contribution in [0.5, 0.6) is 5.75 Å². The normalized spacial score (nSPS) is 12.0. The molecular formula is C17H26O4. The van der Waals surface area contributed by atoms with E-state index in [1.54, 1.807) is 18.2 Å². The van der Waals surface area contributed by atoms with E-state index >= 15 is 0 Å². The van der Waals surface area contributed by atoms with Gasteiger partial charge in [-0.1, -0.05) is 44.7 Å². The molecule has 0 saturated carbocycles. The van der Waals surface area contributed by atoms with Gasteiger partial charge in [0.15, 0.2) is 0 Å². The molecule has 4 nitrogen and oxygen atoms in total. The van der Waals surface area contributed by atoms with Crippen molar-refractivity contribution in [2.75, 3.05) is 6.61 Å². The topological polar surface area (TPSA) is 44.8 Å². The number of hydrogen-bond donors (Lipinski definition) is 0. The van der Waals surface area contributed by atoms with Crippen molar-refractivity contribution in [3.8, 4) is 5.75 Å². The van der Waals surface area contributed by atoms with Gasteiger partial charge in [-0.25, -0.2) is 4.79 Å². The Kier molecular flexibility index (Phi) is 8.51. The summed E-state index contributed by atoms with van der Waals surface area (Å²) in [6.07, 6.45) is 5.51. The zero-order valence-electron chi connectivity index (χ0n) is 13.3. The molecule has 0 saturated heterocycles. The molecular weight excluding hydrogens is 268 g/mol. The summed E-state index contributed by atoms with van der Waals surface area (Å²) in [6, 6.07) is 7.00. The second kappa shape index (κ2) is 10.2. The molecule has 0 fully saturated rings. The summed E-state index contributed by atoms with van der Waals surface area (Å²) in [5.74, 6) is 0.00339. The van der Waals surface area contributed by atoms with Crippen LogP contribution in [0, 0.1) is 0 Å². The van der Waals surface area contributed by atoms with Crippen LogP contribution in [0.4, 0.5) is 0 Å². The number of para-hydroxylation sites is 1. The fraction of sp³-hybridized carbons (Fsp3) is 0.588. The van der Waals surface area contributed by atoms with Crippen LogP contribution in [0.25, 0.3) is 0 Å². The lowest BCUT2D eigenvalue weighted by molar-refractivity contribution is -0.271. The molecule has 1 aromatic rings. The summed E-state index contributed by atoms with van der Waals surface area (Å²) in [5.41, 5.74) is 0.387. The van der Waals surface area contributed by atoms with Crippen molar-refractivity contribution in [2.24, 2.45) is 0 Å². The number of carbonyl (C=O) groups excluding carboxylic acids is 1. The summed E-state index contributed by atoms with van der Waals surface area (Å²) in [4.78, 5) is 22.1. The molecule has 21 heavy (non-hydrogen) atoms. The summed E-state index contributed by atoms with van der Waals surface area (Å²) in [7, 11) is 0. The summed E-state index contributed by atoms with van der Waals surface area (Å²) in [6.45, 7) is 6.46. The maximum atomic E-state index is 12.0. The lowest BCUT2D eigenvalue weighted by Gasteiger charge is -2.12. The number of benzene rings is 1. The lowest BCUT2D eigenvalue weighted by atomic mass is 10.1. The highest BCUT2D eigenvalue weighted by Crippen LogP contribution is 2.19. The van der Waals surface area contributed by atoms with E-state index in [0.29, 0.717) is 17.9 Å². The van der Waals surface area contributed by atoms with E-state index in [4.69, 9.17) is 14.5 Å². The Hall–Kier alpha value is -1.55. The van der Waals surface area contributed by atoms with Crippen LogP contribution in [-0.2, 0) is 9.78 Å². The molecule has 118 valence electrons. The minimum absolute atomic E-state index is 0.0925. The van der Waals surface area contributed by atoms with Crippen LogP contribution in [0.3, 0.4) is 0 Å². The maximum absolute atomic E-state index is 12.0. The first-order valence-corrected chi connectivity index (χ1v) is 7.78. The third-order valence-corrected chi connectivity index (χ3v) is 3.16. The first kappa shape index (κ1) is 17.5. The van der Waals surface area contributed by atoms with E-state index < -0.39 is 5.97 Å². The second-order valence-corrected chi connectivity index (χ2v) is 5.06. The van der Waals surface area contributed by atoms with Crippen molar-refractivity contribution in [1.29, 1.82) is 0 Å². The van der Waals surface area contributed by atoms with E-state index in [0.717, 1.165) is 12.8 Å². The minimum Gasteiger partial charge on any atom is -0.493 e. The van der Waals surface area contributed by atoms with Crippen molar-refractivity contribution in [3.63, 3.8) is 0 Å². The first-order chi connectivity index (χ1) is 10.2. The highest BCUT2D eigenvalue weighted by Gasteiger charge is 2.16. The second-order valence-electron chi connectivity index (χ2n) is 5.06. The zero-order chi connectivity index (χ0) is 15.5. The van der Waals surface area contributed by atoms with Crippen molar-refractivity contribution in [3.05, 3.63) is 29.8 Å². The van der Waals surface area contributed by atoms with Crippen LogP contribution in [0.15, 0.2) is 24.3 Å². The van der Waals surface area contributed by atoms with Gasteiger partial charge < -0.3 is 4.74 Å². The Morgan fingerprint density at radius 2 is 1.90 bits per heavy atom. The Labute approximate surface area is 127 Å². The van der Waals surface area contributed by atoms with Gasteiger partial charge in [0.2, 0.25) is 0 Å². The number of hydrogen-bond acceptors (Lipinski definition) is 4. The van der Waals surface area contributed by atoms with Gasteiger partial charge in [0, 0.05) is 0 Å². The van der Waals surface area contributed by atoms with E-state index in [1.165, 1.54) is 19.3 Å². The fourth-order valence-electron chi connectivity index (χ4n) is 1.99. The predicted molar refractivity (Wildman–Crippen MR) is 82.3 cm³/mol. The predicted octanol–water partition coefficient (Wildman–Crippen LogP) is 4.53. The molecule has 0 bridgehead atoms. The Morgan fingerprint density at radius 3 is 2.62 bits per heavy atom. The Balaban J connectivity index is 2.39. The molecule has 1 aromatic carbocycles. The molecule has 0 spiro atoms. The number of carbonyl (C=O) groups is 1. The summed E-state index contributed by atoms with van der Waals surface area (Å²) >= 11 is 0. The minimum atomic E-state index is -0.514. The number of rotatable bonds is 10. The van der Waals surface area contributed by atoms with E-state index in [2.05, 4.69) is 6.92 Å². The van der Waals surface area contributed by atoms with Crippen LogP contribution in [0.2, 0.25) is 0 Å². The summed E-state index contributed by atoms with van der Waals surface area (Å²) < 4.78 is 5.40. The smallest absolute Gasteiger partial charge is 0.376 e. The molecule has 0 N–H and O–H groups in total. The highest BCUT2D eigenvalue weighted by molar-refractivity contribution is 5.92. The van der Waals surface area contributed by atoms with Gasteiger partial charge in [0.1, 0.15) is 17.4 Å². The molecule has 0 radical (unpaired) electrons. The number of unbranched alkanes of at least 4 members (excludes halogenated alkanes) is 3. The SMILES string of the molecule is CCCCCCC(C)OOC(=O)c1ccccc1OCC. The van der Waals surface area contributed by atoms with Crippen LogP contribution in [0.1, 0.15) is 63.2 Å². The number of ether oxygens (including phenoxy) is 1. The fourth-order valence-corrected chi connectivity index (χ4v) is 1.99. The Morgan fingerprint density at radius 1 is 1.14 bits per heavy atom. The van der Waals surface area contributed by atoms with Crippen molar-refractivity contribution < 1.29 is 19.3 Å². The quantitative estimate of drug-likeness (QED) is 0.361. The highest BCUT2D eigenvalue weighted by atomic mass is 17.2. The maximum Gasteiger partial charge on any atom is 0.376 e. The van der Waals surface area contributed by atoms with Gasteiger partial charge in [-0.15, -0.1) is 0 Å². The third kappa shape index (κ3) is 6.63. The lowest BCUT2D eigenvalue weighted by Crippen LogP contribution is -2.14. The van der Waals surface area contributed by atoms with Crippen LogP contribution < -0.4 is 4.74 Å². The molecule has 0 aliphatic carbocycles. The van der Waals surface area contributed by atoms with Crippen LogP contribution >= 0.6 is 0 Å². The molecule has 0 aliphatic rings. The average Bonchev–Trinajstić information content (AvgIpc) is 2.50. The molecule has 1 atom stereocenters. The van der Waals surface area contributed by atoms with E-state index in [1.807, 2.05) is 19.9 Å². The molecule has 0 amide bonds. The van der Waals surface area contributed by atoms with E-state index in [9.17, 15) is 4.79 Å². The molecule has 0 heterocycles. The van der Waals surface area contributed by atoms with Crippen molar-refractivity contribution >= 4 is 5.97 Å². The molecule has 0 aromatic heterocycles. The van der Waals surface area contributed by atoms with Gasteiger partial charge >= 0.3 is 5.97 Å². The van der Waals surface area contributed by atoms with E-state index in [-0.39, 0.29) is 6.10 Å². The molecule has 4 heteroatoms. The van der Waals surface area contributed by atoms with Crippen molar-refractivity contribution in [2.45, 2.75) is 59.0 Å². The van der Waals surface area contributed by atoms with Gasteiger partial charge in [0.05, 0.1) is 6.61 Å². The summed E-state index contributed by atoms with van der Waals surface area (Å²) in [5, 5.41) is 0. The average molecular weight is 294 g/mol. The van der Waals surface area contributed by atoms with Gasteiger partial charge in [-0.2, -0.15) is 4.89 Å².